The summed E-state index contributed by atoms with van der Waals surface area (Å²) in [5.41, 5.74) is 7.97. The lowest BCUT2D eigenvalue weighted by Crippen LogP contribution is -2.55. The lowest BCUT2D eigenvalue weighted by atomic mass is 9.78. The van der Waals surface area contributed by atoms with E-state index in [1.165, 1.54) is 18.5 Å². The lowest BCUT2D eigenvalue weighted by Gasteiger charge is -2.47. The second-order valence-electron chi connectivity index (χ2n) is 8.74. The van der Waals surface area contributed by atoms with E-state index in [0.717, 1.165) is 34.9 Å². The molecule has 166 valence electrons. The summed E-state index contributed by atoms with van der Waals surface area (Å²) in [5.74, 6) is -1.82. The average Bonchev–Trinajstić information content (AvgIpc) is 3.24. The number of piperidine rings is 1. The van der Waals surface area contributed by atoms with Gasteiger partial charge in [-0.1, -0.05) is 13.0 Å². The number of hydrogen-bond acceptors (Lipinski definition) is 5. The lowest BCUT2D eigenvalue weighted by molar-refractivity contribution is -0.150. The molecular weight excluding hydrogens is 408 g/mol. The standard InChI is InChI=1S/C23H26N6O3/c1-13-4-5-23(3,17-6-14(2)19-15(7-17)10-26-28-19)29(12-13)22(32)21(31)27-18-8-16(20(24)30)9-25-11-18/h6-11,13H,4-5,12H2,1-3H3,(H2,24,30)(H,26,28)(H,27,31)/t13-,23-/m0/s1. The van der Waals surface area contributed by atoms with Crippen LogP contribution in [0.4, 0.5) is 5.69 Å². The summed E-state index contributed by atoms with van der Waals surface area (Å²) < 4.78 is 0. The first kappa shape index (κ1) is 21.5. The van der Waals surface area contributed by atoms with Gasteiger partial charge in [-0.25, -0.2) is 0 Å². The number of carbonyl (C=O) groups excluding carboxylic acids is 3. The van der Waals surface area contributed by atoms with Crippen LogP contribution in [0.2, 0.25) is 0 Å². The molecule has 1 fully saturated rings. The average molecular weight is 435 g/mol. The van der Waals surface area contributed by atoms with Crippen LogP contribution in [0.5, 0.6) is 0 Å². The summed E-state index contributed by atoms with van der Waals surface area (Å²) in [6.07, 6.45) is 6.10. The predicted octanol–water partition coefficient (Wildman–Crippen LogP) is 2.48. The fourth-order valence-electron chi connectivity index (χ4n) is 4.37. The van der Waals surface area contributed by atoms with Gasteiger partial charge in [-0.15, -0.1) is 0 Å². The van der Waals surface area contributed by atoms with Crippen LogP contribution in [0.1, 0.15) is 48.2 Å². The van der Waals surface area contributed by atoms with Gasteiger partial charge in [0.1, 0.15) is 0 Å². The molecule has 0 radical (unpaired) electrons. The summed E-state index contributed by atoms with van der Waals surface area (Å²) in [4.78, 5) is 43.2. The highest BCUT2D eigenvalue weighted by molar-refractivity contribution is 6.39. The van der Waals surface area contributed by atoms with E-state index in [1.54, 1.807) is 11.1 Å². The first-order chi connectivity index (χ1) is 15.2. The Bertz CT molecular complexity index is 1220. The zero-order valence-electron chi connectivity index (χ0n) is 18.3. The summed E-state index contributed by atoms with van der Waals surface area (Å²) in [6.45, 7) is 6.53. The summed E-state index contributed by atoms with van der Waals surface area (Å²) in [7, 11) is 0. The van der Waals surface area contributed by atoms with Crippen molar-refractivity contribution in [2.75, 3.05) is 11.9 Å². The minimum atomic E-state index is -0.783. The first-order valence-corrected chi connectivity index (χ1v) is 10.5. The predicted molar refractivity (Wildman–Crippen MR) is 120 cm³/mol. The number of likely N-dealkylation sites (tertiary alicyclic amines) is 1. The first-order valence-electron chi connectivity index (χ1n) is 10.5. The van der Waals surface area contributed by atoms with Gasteiger partial charge in [-0.3, -0.25) is 24.5 Å². The maximum Gasteiger partial charge on any atom is 0.313 e. The normalized spacial score (nSPS) is 20.8. The third-order valence-corrected chi connectivity index (χ3v) is 6.30. The van der Waals surface area contributed by atoms with E-state index in [0.29, 0.717) is 6.54 Å². The van der Waals surface area contributed by atoms with Crippen molar-refractivity contribution in [3.05, 3.63) is 53.5 Å². The number of hydrogen-bond donors (Lipinski definition) is 3. The number of fused-ring (bicyclic) bond motifs is 1. The largest absolute Gasteiger partial charge is 0.366 e. The number of nitrogens with two attached hydrogens (primary N) is 1. The molecule has 0 bridgehead atoms. The fourth-order valence-corrected chi connectivity index (χ4v) is 4.37. The van der Waals surface area contributed by atoms with Crippen LogP contribution in [0, 0.1) is 12.8 Å². The van der Waals surface area contributed by atoms with Crippen LogP contribution in [-0.4, -0.2) is 44.3 Å². The number of aromatic nitrogens is 3. The summed E-state index contributed by atoms with van der Waals surface area (Å²) in [5, 5.41) is 10.6. The molecule has 3 amide bonds. The molecule has 9 heteroatoms. The number of H-pyrrole nitrogens is 1. The van der Waals surface area contributed by atoms with Crippen molar-refractivity contribution < 1.29 is 14.4 Å². The maximum atomic E-state index is 13.3. The number of anilines is 1. The number of rotatable bonds is 3. The highest BCUT2D eigenvalue weighted by Gasteiger charge is 2.43. The molecule has 1 aliphatic rings. The highest BCUT2D eigenvalue weighted by Crippen LogP contribution is 2.40. The molecule has 1 aliphatic heterocycles. The molecule has 3 aromatic rings. The zero-order chi connectivity index (χ0) is 23.0. The fraction of sp³-hybridized carbons (Fsp3) is 0.348. The molecule has 0 unspecified atom stereocenters. The van der Waals surface area contributed by atoms with Gasteiger partial charge in [0.15, 0.2) is 0 Å². The van der Waals surface area contributed by atoms with Crippen molar-refractivity contribution >= 4 is 34.3 Å². The third-order valence-electron chi connectivity index (χ3n) is 6.30. The number of amides is 3. The molecule has 3 heterocycles. The van der Waals surface area contributed by atoms with Crippen molar-refractivity contribution in [1.29, 1.82) is 0 Å². The van der Waals surface area contributed by atoms with E-state index in [1.807, 2.05) is 19.9 Å². The van der Waals surface area contributed by atoms with Gasteiger partial charge < -0.3 is 16.0 Å². The number of carbonyl (C=O) groups is 3. The van der Waals surface area contributed by atoms with Gasteiger partial charge in [-0.05, 0) is 55.9 Å². The second-order valence-corrected chi connectivity index (χ2v) is 8.74. The van der Waals surface area contributed by atoms with Crippen LogP contribution in [0.3, 0.4) is 0 Å². The van der Waals surface area contributed by atoms with Crippen molar-refractivity contribution in [2.24, 2.45) is 11.7 Å². The molecule has 9 nitrogen and oxygen atoms in total. The van der Waals surface area contributed by atoms with E-state index < -0.39 is 23.3 Å². The van der Waals surface area contributed by atoms with Crippen molar-refractivity contribution in [2.45, 2.75) is 39.2 Å². The number of pyridine rings is 1. The Morgan fingerprint density at radius 1 is 1.22 bits per heavy atom. The zero-order valence-corrected chi connectivity index (χ0v) is 18.3. The van der Waals surface area contributed by atoms with Gasteiger partial charge in [-0.2, -0.15) is 5.10 Å². The highest BCUT2D eigenvalue weighted by atomic mass is 16.2. The molecule has 0 saturated carbocycles. The Balaban J connectivity index is 1.65. The minimum Gasteiger partial charge on any atom is -0.366 e. The third kappa shape index (κ3) is 3.81. The van der Waals surface area contributed by atoms with Crippen molar-refractivity contribution in [3.8, 4) is 0 Å². The number of benzene rings is 1. The molecule has 32 heavy (non-hydrogen) atoms. The quantitative estimate of drug-likeness (QED) is 0.545. The smallest absolute Gasteiger partial charge is 0.313 e. The number of primary amides is 1. The van der Waals surface area contributed by atoms with Crippen LogP contribution < -0.4 is 11.1 Å². The Labute approximate surface area is 185 Å². The molecule has 2 atom stereocenters. The molecular formula is C23H26N6O3. The molecule has 1 saturated heterocycles. The van der Waals surface area contributed by atoms with Gasteiger partial charge in [0, 0.05) is 18.1 Å². The Kier molecular flexibility index (Phi) is 5.41. The van der Waals surface area contributed by atoms with Gasteiger partial charge >= 0.3 is 11.8 Å². The number of aryl methyl sites for hydroxylation is 1. The summed E-state index contributed by atoms with van der Waals surface area (Å²) in [6, 6.07) is 5.48. The van der Waals surface area contributed by atoms with Crippen molar-refractivity contribution in [3.63, 3.8) is 0 Å². The topological polar surface area (TPSA) is 134 Å². The van der Waals surface area contributed by atoms with Crippen molar-refractivity contribution in [1.82, 2.24) is 20.1 Å². The number of nitrogens with one attached hydrogen (secondary N) is 2. The Morgan fingerprint density at radius 2 is 2.00 bits per heavy atom. The number of aromatic amines is 1. The summed E-state index contributed by atoms with van der Waals surface area (Å²) >= 11 is 0. The molecule has 2 aromatic heterocycles. The second kappa shape index (κ2) is 8.07. The molecule has 4 rings (SSSR count). The minimum absolute atomic E-state index is 0.149. The monoisotopic (exact) mass is 434 g/mol. The van der Waals surface area contributed by atoms with E-state index in [2.05, 4.69) is 33.5 Å². The van der Waals surface area contributed by atoms with Gasteiger partial charge in [0.2, 0.25) is 5.91 Å². The molecule has 4 N–H and O–H groups in total. The van der Waals surface area contributed by atoms with E-state index in [4.69, 9.17) is 5.73 Å². The number of nitrogens with zero attached hydrogens (tertiary/aromatic N) is 3. The van der Waals surface area contributed by atoms with Crippen LogP contribution >= 0.6 is 0 Å². The Morgan fingerprint density at radius 3 is 2.75 bits per heavy atom. The van der Waals surface area contributed by atoms with Gasteiger partial charge in [0.25, 0.3) is 0 Å². The van der Waals surface area contributed by atoms with E-state index in [-0.39, 0.29) is 17.2 Å². The van der Waals surface area contributed by atoms with Crippen LogP contribution in [0.25, 0.3) is 10.9 Å². The maximum absolute atomic E-state index is 13.3. The van der Waals surface area contributed by atoms with E-state index >= 15 is 0 Å². The van der Waals surface area contributed by atoms with Crippen LogP contribution in [-0.2, 0) is 15.1 Å². The molecule has 1 aromatic carbocycles. The van der Waals surface area contributed by atoms with Gasteiger partial charge in [0.05, 0.1) is 34.7 Å². The Hall–Kier alpha value is -3.75. The van der Waals surface area contributed by atoms with Crippen LogP contribution in [0.15, 0.2) is 36.8 Å². The molecule has 0 spiro atoms. The SMILES string of the molecule is Cc1cc([C@]2(C)CC[C@H](C)CN2C(=O)C(=O)Nc2cncc(C(N)=O)c2)cc2cn[nH]c12. The molecule has 0 aliphatic carbocycles. The van der Waals surface area contributed by atoms with E-state index in [9.17, 15) is 14.4 Å².